The van der Waals surface area contributed by atoms with Gasteiger partial charge in [0.2, 0.25) is 0 Å². The predicted octanol–water partition coefficient (Wildman–Crippen LogP) is 1.87. The average Bonchev–Trinajstić information content (AvgIpc) is 2.23. The highest BCUT2D eigenvalue weighted by molar-refractivity contribution is 7.90. The Morgan fingerprint density at radius 1 is 1.21 bits per heavy atom. The van der Waals surface area contributed by atoms with Crippen molar-refractivity contribution in [2.75, 3.05) is 25.2 Å². The first-order chi connectivity index (χ1) is 8.61. The molecule has 0 spiro atoms. The molecule has 0 radical (unpaired) electrons. The van der Waals surface area contributed by atoms with Crippen LogP contribution in [0.1, 0.15) is 20.8 Å². The summed E-state index contributed by atoms with van der Waals surface area (Å²) in [5.41, 5.74) is 5.70. The number of ether oxygens (including phenoxy) is 2. The molecule has 0 aromatic heterocycles. The third-order valence-electron chi connectivity index (χ3n) is 2.30. The Balaban J connectivity index is 2.71. The number of hydrogen-bond donors (Lipinski definition) is 1. The first kappa shape index (κ1) is 15.8. The van der Waals surface area contributed by atoms with Crippen LogP contribution in [0, 0.1) is 0 Å². The minimum atomic E-state index is -3.35. The third-order valence-corrected chi connectivity index (χ3v) is 3.46. The van der Waals surface area contributed by atoms with Crippen LogP contribution in [0.15, 0.2) is 23.1 Å². The van der Waals surface area contributed by atoms with Crippen LogP contribution in [0.25, 0.3) is 0 Å². The minimum absolute atomic E-state index is 0.0849. The van der Waals surface area contributed by atoms with Crippen molar-refractivity contribution in [3.8, 4) is 5.75 Å². The molecule has 0 amide bonds. The molecule has 0 atom stereocenters. The molecule has 0 bridgehead atoms. The van der Waals surface area contributed by atoms with E-state index >= 15 is 0 Å². The van der Waals surface area contributed by atoms with Gasteiger partial charge in [-0.15, -0.1) is 0 Å². The quantitative estimate of drug-likeness (QED) is 0.660. The second kappa shape index (κ2) is 5.79. The standard InChI is InChI=1S/C13H21NO4S/c1-13(2,3)18-9-8-17-10-6-5-7-11(12(10)14)19(4,15)16/h5-7H,8-9,14H2,1-4H3. The lowest BCUT2D eigenvalue weighted by Crippen LogP contribution is -2.22. The number of nitrogens with two attached hydrogens (primary N) is 1. The van der Waals surface area contributed by atoms with Crippen LogP contribution in [0.3, 0.4) is 0 Å². The molecule has 0 aliphatic heterocycles. The summed E-state index contributed by atoms with van der Waals surface area (Å²) in [4.78, 5) is 0.0849. The van der Waals surface area contributed by atoms with Crippen LogP contribution in [0.4, 0.5) is 5.69 Å². The molecule has 19 heavy (non-hydrogen) atoms. The van der Waals surface area contributed by atoms with Crippen LogP contribution < -0.4 is 10.5 Å². The summed E-state index contributed by atoms with van der Waals surface area (Å²) in [5.74, 6) is 0.362. The normalized spacial score (nSPS) is 12.4. The highest BCUT2D eigenvalue weighted by Crippen LogP contribution is 2.28. The van der Waals surface area contributed by atoms with E-state index in [1.807, 2.05) is 20.8 Å². The third kappa shape index (κ3) is 5.08. The molecule has 0 saturated heterocycles. The number of nitrogen functional groups attached to an aromatic ring is 1. The van der Waals surface area contributed by atoms with Gasteiger partial charge in [-0.1, -0.05) is 6.07 Å². The van der Waals surface area contributed by atoms with Crippen LogP contribution in [-0.4, -0.2) is 33.5 Å². The van der Waals surface area contributed by atoms with Crippen molar-refractivity contribution in [2.24, 2.45) is 0 Å². The summed E-state index contributed by atoms with van der Waals surface area (Å²) in [6, 6.07) is 4.71. The highest BCUT2D eigenvalue weighted by atomic mass is 32.2. The lowest BCUT2D eigenvalue weighted by molar-refractivity contribution is -0.0162. The summed E-state index contributed by atoms with van der Waals surface area (Å²) in [6.45, 7) is 6.57. The van der Waals surface area contributed by atoms with Gasteiger partial charge in [0.1, 0.15) is 12.4 Å². The molecule has 1 aromatic carbocycles. The second-order valence-electron chi connectivity index (χ2n) is 5.25. The van der Waals surface area contributed by atoms with Crippen molar-refractivity contribution in [1.82, 2.24) is 0 Å². The van der Waals surface area contributed by atoms with E-state index in [1.165, 1.54) is 6.07 Å². The minimum Gasteiger partial charge on any atom is -0.489 e. The summed E-state index contributed by atoms with van der Waals surface area (Å²) in [5, 5.41) is 0. The molecule has 0 fully saturated rings. The number of para-hydroxylation sites is 1. The van der Waals surface area contributed by atoms with Crippen LogP contribution >= 0.6 is 0 Å². The Bertz CT molecular complexity index is 532. The topological polar surface area (TPSA) is 78.6 Å². The van der Waals surface area contributed by atoms with E-state index in [4.69, 9.17) is 15.2 Å². The maximum Gasteiger partial charge on any atom is 0.177 e. The zero-order valence-corrected chi connectivity index (χ0v) is 12.6. The molecule has 0 aliphatic rings. The van der Waals surface area contributed by atoms with Gasteiger partial charge in [0.05, 0.1) is 22.8 Å². The van der Waals surface area contributed by atoms with E-state index in [0.29, 0.717) is 19.0 Å². The molecule has 2 N–H and O–H groups in total. The number of benzene rings is 1. The Morgan fingerprint density at radius 2 is 1.84 bits per heavy atom. The second-order valence-corrected chi connectivity index (χ2v) is 7.23. The summed E-state index contributed by atoms with van der Waals surface area (Å²) in [6.07, 6.45) is 1.12. The fraction of sp³-hybridized carbons (Fsp3) is 0.538. The Kier molecular flexibility index (Phi) is 4.81. The zero-order valence-electron chi connectivity index (χ0n) is 11.8. The number of sulfone groups is 1. The van der Waals surface area contributed by atoms with Gasteiger partial charge in [-0.25, -0.2) is 8.42 Å². The summed E-state index contributed by atoms with van der Waals surface area (Å²) in [7, 11) is -3.35. The van der Waals surface area contributed by atoms with Crippen molar-refractivity contribution in [3.63, 3.8) is 0 Å². The van der Waals surface area contributed by atoms with E-state index in [1.54, 1.807) is 12.1 Å². The van der Waals surface area contributed by atoms with E-state index in [9.17, 15) is 8.42 Å². The number of hydrogen-bond acceptors (Lipinski definition) is 5. The molecule has 0 saturated carbocycles. The van der Waals surface area contributed by atoms with E-state index < -0.39 is 9.84 Å². The first-order valence-electron chi connectivity index (χ1n) is 5.96. The van der Waals surface area contributed by atoms with Crippen LogP contribution in [0.2, 0.25) is 0 Å². The lowest BCUT2D eigenvalue weighted by Gasteiger charge is -2.19. The monoisotopic (exact) mass is 287 g/mol. The van der Waals surface area contributed by atoms with Crippen molar-refractivity contribution in [3.05, 3.63) is 18.2 Å². The summed E-state index contributed by atoms with van der Waals surface area (Å²) < 4.78 is 34.0. The SMILES string of the molecule is CC(C)(C)OCCOc1cccc(S(C)(=O)=O)c1N. The molecule has 0 unspecified atom stereocenters. The molecule has 1 rings (SSSR count). The number of rotatable bonds is 5. The number of anilines is 1. The van der Waals surface area contributed by atoms with Gasteiger partial charge in [0.25, 0.3) is 0 Å². The average molecular weight is 287 g/mol. The zero-order chi connectivity index (χ0) is 14.7. The molecule has 0 aliphatic carbocycles. The van der Waals surface area contributed by atoms with Crippen molar-refractivity contribution in [2.45, 2.75) is 31.3 Å². The Hall–Kier alpha value is -1.27. The van der Waals surface area contributed by atoms with Gasteiger partial charge < -0.3 is 15.2 Å². The van der Waals surface area contributed by atoms with E-state index in [-0.39, 0.29) is 16.2 Å². The largest absolute Gasteiger partial charge is 0.489 e. The fourth-order valence-electron chi connectivity index (χ4n) is 1.47. The van der Waals surface area contributed by atoms with Gasteiger partial charge in [-0.05, 0) is 32.9 Å². The van der Waals surface area contributed by atoms with Gasteiger partial charge in [0, 0.05) is 6.26 Å². The molecular weight excluding hydrogens is 266 g/mol. The Morgan fingerprint density at radius 3 is 2.37 bits per heavy atom. The Labute approximate surface area is 114 Å². The fourth-order valence-corrected chi connectivity index (χ4v) is 2.30. The van der Waals surface area contributed by atoms with Crippen LogP contribution in [-0.2, 0) is 14.6 Å². The van der Waals surface area contributed by atoms with Crippen molar-refractivity contribution >= 4 is 15.5 Å². The molecule has 5 nitrogen and oxygen atoms in total. The summed E-state index contributed by atoms with van der Waals surface area (Å²) >= 11 is 0. The first-order valence-corrected chi connectivity index (χ1v) is 7.86. The smallest absolute Gasteiger partial charge is 0.177 e. The van der Waals surface area contributed by atoms with Crippen molar-refractivity contribution < 1.29 is 17.9 Å². The van der Waals surface area contributed by atoms with Gasteiger partial charge in [-0.2, -0.15) is 0 Å². The molecule has 0 heterocycles. The maximum absolute atomic E-state index is 11.5. The molecule has 6 heteroatoms. The molecule has 108 valence electrons. The van der Waals surface area contributed by atoms with Gasteiger partial charge >= 0.3 is 0 Å². The van der Waals surface area contributed by atoms with Gasteiger partial charge in [0.15, 0.2) is 9.84 Å². The van der Waals surface area contributed by atoms with Crippen LogP contribution in [0.5, 0.6) is 5.75 Å². The molecular formula is C13H21NO4S. The maximum atomic E-state index is 11.5. The van der Waals surface area contributed by atoms with Gasteiger partial charge in [-0.3, -0.25) is 0 Å². The predicted molar refractivity (Wildman–Crippen MR) is 75.2 cm³/mol. The van der Waals surface area contributed by atoms with Crippen molar-refractivity contribution in [1.29, 1.82) is 0 Å². The lowest BCUT2D eigenvalue weighted by atomic mass is 10.2. The van der Waals surface area contributed by atoms with E-state index in [2.05, 4.69) is 0 Å². The highest BCUT2D eigenvalue weighted by Gasteiger charge is 2.15. The van der Waals surface area contributed by atoms with E-state index in [0.717, 1.165) is 6.26 Å². The molecule has 1 aromatic rings.